The van der Waals surface area contributed by atoms with Crippen molar-refractivity contribution in [3.05, 3.63) is 93.4 Å². The number of ether oxygens (including phenoxy) is 1. The monoisotopic (exact) mass is 650 g/mol. The first-order valence-corrected chi connectivity index (χ1v) is 15.8. The summed E-state index contributed by atoms with van der Waals surface area (Å²) in [6.45, 7) is 9.32. The minimum Gasteiger partial charge on any atom is -0.502 e. The van der Waals surface area contributed by atoms with E-state index in [1.807, 2.05) is 34.6 Å². The zero-order valence-electron chi connectivity index (χ0n) is 27.1. The Labute approximate surface area is 271 Å². The zero-order chi connectivity index (χ0) is 34.2. The Morgan fingerprint density at radius 1 is 0.979 bits per heavy atom. The SMILES string of the molecule is C[C@H]1CC[C@@H]2[C@H]([C@H](c3ccc(F)cc3)c3cccc(F)c3)n3ncc(=O)c(O)c3C(=O)N21.C[C@H]1CC[C@H](C=O)N1C(=O)OC(C)(C)C. The van der Waals surface area contributed by atoms with Crippen LogP contribution >= 0.6 is 0 Å². The predicted molar refractivity (Wildman–Crippen MR) is 169 cm³/mol. The highest BCUT2D eigenvalue weighted by atomic mass is 19.1. The second-order valence-corrected chi connectivity index (χ2v) is 13.4. The summed E-state index contributed by atoms with van der Waals surface area (Å²) >= 11 is 0. The second-order valence-electron chi connectivity index (χ2n) is 13.4. The number of amides is 2. The van der Waals surface area contributed by atoms with Crippen LogP contribution in [0.5, 0.6) is 5.75 Å². The van der Waals surface area contributed by atoms with Crippen molar-refractivity contribution >= 4 is 18.3 Å². The first kappa shape index (κ1) is 33.7. The second kappa shape index (κ2) is 13.2. The summed E-state index contributed by atoms with van der Waals surface area (Å²) in [7, 11) is 0. The number of carbonyl (C=O) groups excluding carboxylic acids is 3. The van der Waals surface area contributed by atoms with E-state index in [1.54, 1.807) is 29.2 Å². The number of hydrogen-bond acceptors (Lipinski definition) is 7. The Balaban J connectivity index is 0.000000244. The minimum absolute atomic E-state index is 0.0926. The van der Waals surface area contributed by atoms with Crippen LogP contribution in [0, 0.1) is 11.6 Å². The van der Waals surface area contributed by atoms with Gasteiger partial charge in [-0.05, 0) is 95.7 Å². The highest BCUT2D eigenvalue weighted by Crippen LogP contribution is 2.47. The standard InChI is InChI=1S/C24H21F2N3O3.C11H19NO3/c1-13-5-10-18-21(29-22(24(32)28(13)18)23(31)19(30)12-27-29)20(14-6-8-16(25)9-7-14)15-3-2-4-17(26)11-15;1-8-5-6-9(7-13)12(8)10(14)15-11(2,3)4/h2-4,6-9,11-13,18,20-21,31H,5,10H2,1H3;7-9H,5-6H2,1-4H3/t13-,18+,20+,21+;8-,9+/m00/s1. The van der Waals surface area contributed by atoms with E-state index in [0.29, 0.717) is 17.5 Å². The normalized spacial score (nSPS) is 24.1. The van der Waals surface area contributed by atoms with Gasteiger partial charge >= 0.3 is 6.09 Å². The lowest BCUT2D eigenvalue weighted by atomic mass is 9.80. The molecule has 3 aliphatic rings. The van der Waals surface area contributed by atoms with Crippen molar-refractivity contribution in [2.24, 2.45) is 0 Å². The predicted octanol–water partition coefficient (Wildman–Crippen LogP) is 5.58. The maximum absolute atomic E-state index is 14.3. The van der Waals surface area contributed by atoms with Crippen LogP contribution in [0.2, 0.25) is 0 Å². The average Bonchev–Trinajstić information content (AvgIpc) is 3.59. The zero-order valence-corrected chi connectivity index (χ0v) is 27.1. The van der Waals surface area contributed by atoms with Crippen molar-refractivity contribution < 1.29 is 33.0 Å². The lowest BCUT2D eigenvalue weighted by Crippen LogP contribution is -2.52. The number of aldehydes is 1. The molecule has 250 valence electrons. The van der Waals surface area contributed by atoms with Crippen LogP contribution in [0.15, 0.2) is 59.5 Å². The van der Waals surface area contributed by atoms with Crippen LogP contribution in [0.25, 0.3) is 0 Å². The van der Waals surface area contributed by atoms with Crippen molar-refractivity contribution in [2.75, 3.05) is 0 Å². The van der Waals surface area contributed by atoms with Crippen molar-refractivity contribution in [1.29, 1.82) is 0 Å². The smallest absolute Gasteiger partial charge is 0.411 e. The first-order valence-electron chi connectivity index (χ1n) is 15.8. The summed E-state index contributed by atoms with van der Waals surface area (Å²) in [6.07, 6.45) is 4.45. The van der Waals surface area contributed by atoms with E-state index in [0.717, 1.165) is 31.7 Å². The minimum atomic E-state index is -0.738. The Morgan fingerprint density at radius 3 is 2.30 bits per heavy atom. The molecule has 0 aliphatic carbocycles. The summed E-state index contributed by atoms with van der Waals surface area (Å²) in [4.78, 5) is 51.2. The third kappa shape index (κ3) is 6.77. The van der Waals surface area contributed by atoms with Gasteiger partial charge in [-0.15, -0.1) is 0 Å². The fourth-order valence-corrected chi connectivity index (χ4v) is 6.97. The molecule has 1 aromatic heterocycles. The molecule has 12 heteroatoms. The average molecular weight is 651 g/mol. The Hall–Kier alpha value is -4.61. The summed E-state index contributed by atoms with van der Waals surface area (Å²) in [5.74, 6) is -2.43. The van der Waals surface area contributed by atoms with Gasteiger partial charge in [0.05, 0.1) is 24.3 Å². The van der Waals surface area contributed by atoms with Gasteiger partial charge < -0.3 is 19.5 Å². The van der Waals surface area contributed by atoms with Crippen LogP contribution < -0.4 is 5.43 Å². The van der Waals surface area contributed by atoms with Gasteiger partial charge in [0.25, 0.3) is 5.91 Å². The molecule has 0 spiro atoms. The molecule has 3 aliphatic heterocycles. The molecule has 1 N–H and O–H groups in total. The largest absolute Gasteiger partial charge is 0.502 e. The van der Waals surface area contributed by atoms with Gasteiger partial charge in [0.15, 0.2) is 11.4 Å². The van der Waals surface area contributed by atoms with E-state index in [9.17, 15) is 33.1 Å². The fraction of sp³-hybridized carbons (Fsp3) is 0.457. The number of hydrogen-bond donors (Lipinski definition) is 1. The molecule has 0 radical (unpaired) electrons. The summed E-state index contributed by atoms with van der Waals surface area (Å²) in [6, 6.07) is 10.9. The van der Waals surface area contributed by atoms with Gasteiger partial charge in [-0.25, -0.2) is 13.6 Å². The highest BCUT2D eigenvalue weighted by molar-refractivity contribution is 5.96. The molecule has 6 rings (SSSR count). The molecule has 2 amide bonds. The lowest BCUT2D eigenvalue weighted by Gasteiger charge is -2.43. The van der Waals surface area contributed by atoms with Gasteiger partial charge in [-0.2, -0.15) is 5.10 Å². The molecule has 3 aromatic rings. The quantitative estimate of drug-likeness (QED) is 0.366. The number of fused-ring (bicyclic) bond motifs is 2. The van der Waals surface area contributed by atoms with Crippen molar-refractivity contribution in [3.63, 3.8) is 0 Å². The topological polar surface area (TPSA) is 122 Å². The third-order valence-electron chi connectivity index (χ3n) is 9.06. The van der Waals surface area contributed by atoms with E-state index >= 15 is 0 Å². The van der Waals surface area contributed by atoms with Gasteiger partial charge in [-0.1, -0.05) is 24.3 Å². The number of halogens is 2. The van der Waals surface area contributed by atoms with E-state index < -0.39 is 46.3 Å². The first-order chi connectivity index (χ1) is 22.2. The summed E-state index contributed by atoms with van der Waals surface area (Å²) < 4.78 is 34.6. The molecular formula is C35H40F2N4O6. The number of benzene rings is 2. The summed E-state index contributed by atoms with van der Waals surface area (Å²) in [5, 5.41) is 14.7. The third-order valence-corrected chi connectivity index (χ3v) is 9.06. The van der Waals surface area contributed by atoms with Gasteiger partial charge in [0.2, 0.25) is 5.43 Å². The number of nitrogens with zero attached hydrogens (tertiary/aromatic N) is 4. The van der Waals surface area contributed by atoms with Crippen LogP contribution in [0.3, 0.4) is 0 Å². The molecular weight excluding hydrogens is 610 g/mol. The molecule has 4 heterocycles. The maximum Gasteiger partial charge on any atom is 0.411 e. The van der Waals surface area contributed by atoms with Crippen molar-refractivity contribution in [1.82, 2.24) is 19.6 Å². The van der Waals surface area contributed by atoms with Crippen LogP contribution in [0.1, 0.15) is 93.9 Å². The fourth-order valence-electron chi connectivity index (χ4n) is 6.97. The maximum atomic E-state index is 14.3. The molecule has 0 saturated carbocycles. The van der Waals surface area contributed by atoms with Gasteiger partial charge in [0.1, 0.15) is 23.5 Å². The van der Waals surface area contributed by atoms with Crippen molar-refractivity contribution in [3.8, 4) is 5.75 Å². The number of aromatic nitrogens is 2. The molecule has 2 fully saturated rings. The highest BCUT2D eigenvalue weighted by Gasteiger charge is 2.50. The molecule has 47 heavy (non-hydrogen) atoms. The number of rotatable bonds is 4. The molecule has 2 saturated heterocycles. The number of likely N-dealkylation sites (tertiary alicyclic amines) is 1. The van der Waals surface area contributed by atoms with E-state index in [-0.39, 0.29) is 36.0 Å². The van der Waals surface area contributed by atoms with Crippen LogP contribution in [-0.2, 0) is 9.53 Å². The van der Waals surface area contributed by atoms with E-state index in [4.69, 9.17) is 4.74 Å². The molecule has 10 nitrogen and oxygen atoms in total. The van der Waals surface area contributed by atoms with Crippen LogP contribution in [-0.4, -0.2) is 72.7 Å². The molecule has 0 unspecified atom stereocenters. The number of aromatic hydroxyl groups is 1. The van der Waals surface area contributed by atoms with E-state index in [1.165, 1.54) is 33.8 Å². The van der Waals surface area contributed by atoms with Crippen molar-refractivity contribution in [2.45, 2.75) is 102 Å². The Morgan fingerprint density at radius 2 is 1.66 bits per heavy atom. The van der Waals surface area contributed by atoms with Crippen LogP contribution in [0.4, 0.5) is 13.6 Å². The van der Waals surface area contributed by atoms with E-state index in [2.05, 4.69) is 5.10 Å². The lowest BCUT2D eigenvalue weighted by molar-refractivity contribution is -0.112. The number of carbonyl (C=O) groups is 3. The Kier molecular flexibility index (Phi) is 9.51. The molecule has 6 atom stereocenters. The van der Waals surface area contributed by atoms with Gasteiger partial charge in [0, 0.05) is 18.0 Å². The molecule has 2 aromatic carbocycles. The summed E-state index contributed by atoms with van der Waals surface area (Å²) in [5.41, 5.74) is -0.0794. The van der Waals surface area contributed by atoms with Gasteiger partial charge in [-0.3, -0.25) is 19.2 Å². The molecule has 0 bridgehead atoms. The Bertz CT molecular complexity index is 1710.